The lowest BCUT2D eigenvalue weighted by atomic mass is 10.1. The number of carboxylic acids is 1. The van der Waals surface area contributed by atoms with Crippen molar-refractivity contribution in [1.82, 2.24) is 10.6 Å². The fraction of sp³-hybridized carbons (Fsp3) is 0.438. The molecule has 1 aliphatic heterocycles. The summed E-state index contributed by atoms with van der Waals surface area (Å²) in [7, 11) is 0. The predicted molar refractivity (Wildman–Crippen MR) is 88.4 cm³/mol. The Morgan fingerprint density at radius 1 is 1.42 bits per heavy atom. The molecule has 1 aromatic rings. The first-order valence-corrected chi connectivity index (χ1v) is 8.22. The van der Waals surface area contributed by atoms with Crippen molar-refractivity contribution in [2.75, 3.05) is 18.0 Å². The van der Waals surface area contributed by atoms with E-state index in [-0.39, 0.29) is 16.6 Å². The molecule has 1 heterocycles. The third-order valence-corrected chi connectivity index (χ3v) is 4.56. The van der Waals surface area contributed by atoms with Crippen LogP contribution >= 0.6 is 11.6 Å². The maximum Gasteiger partial charge on any atom is 0.326 e. The SMILES string of the molecule is O=C(NC(CC1CC1)C(=O)O)c1cc(N2CCNC2=O)ccc1Cl. The van der Waals surface area contributed by atoms with Crippen LogP contribution in [0.4, 0.5) is 10.5 Å². The number of halogens is 1. The third-order valence-electron chi connectivity index (χ3n) is 4.23. The zero-order chi connectivity index (χ0) is 17.3. The Morgan fingerprint density at radius 2 is 2.17 bits per heavy atom. The minimum Gasteiger partial charge on any atom is -0.480 e. The van der Waals surface area contributed by atoms with Gasteiger partial charge in [0.05, 0.1) is 10.6 Å². The first kappa shape index (κ1) is 16.6. The molecule has 7 nitrogen and oxygen atoms in total. The van der Waals surface area contributed by atoms with Gasteiger partial charge >= 0.3 is 12.0 Å². The van der Waals surface area contributed by atoms with E-state index < -0.39 is 17.9 Å². The highest BCUT2D eigenvalue weighted by Crippen LogP contribution is 2.33. The number of hydrogen-bond acceptors (Lipinski definition) is 3. The van der Waals surface area contributed by atoms with Gasteiger partial charge in [-0.15, -0.1) is 0 Å². The Hall–Kier alpha value is -2.28. The van der Waals surface area contributed by atoms with E-state index in [0.717, 1.165) is 12.8 Å². The number of urea groups is 1. The molecule has 1 unspecified atom stereocenters. The van der Waals surface area contributed by atoms with Gasteiger partial charge in [0, 0.05) is 18.8 Å². The van der Waals surface area contributed by atoms with E-state index in [1.807, 2.05) is 0 Å². The molecule has 1 atom stereocenters. The van der Waals surface area contributed by atoms with Gasteiger partial charge in [-0.2, -0.15) is 0 Å². The van der Waals surface area contributed by atoms with Crippen LogP contribution < -0.4 is 15.5 Å². The second-order valence-electron chi connectivity index (χ2n) is 6.09. The van der Waals surface area contributed by atoms with E-state index in [9.17, 15) is 19.5 Å². The second kappa shape index (κ2) is 6.68. The molecule has 128 valence electrons. The summed E-state index contributed by atoms with van der Waals surface area (Å²) in [5, 5.41) is 14.7. The molecule has 1 aliphatic carbocycles. The molecular weight excluding hydrogens is 334 g/mol. The van der Waals surface area contributed by atoms with Gasteiger partial charge in [0.2, 0.25) is 0 Å². The molecule has 2 aliphatic rings. The van der Waals surface area contributed by atoms with Crippen LogP contribution in [0.25, 0.3) is 0 Å². The van der Waals surface area contributed by atoms with Gasteiger partial charge < -0.3 is 15.7 Å². The quantitative estimate of drug-likeness (QED) is 0.728. The Balaban J connectivity index is 1.77. The molecule has 3 amide bonds. The number of nitrogens with one attached hydrogen (secondary N) is 2. The number of aliphatic carboxylic acids is 1. The van der Waals surface area contributed by atoms with E-state index in [1.54, 1.807) is 6.07 Å². The van der Waals surface area contributed by atoms with E-state index in [0.29, 0.717) is 31.1 Å². The summed E-state index contributed by atoms with van der Waals surface area (Å²) in [4.78, 5) is 37.0. The maximum absolute atomic E-state index is 12.5. The van der Waals surface area contributed by atoms with E-state index in [2.05, 4.69) is 10.6 Å². The van der Waals surface area contributed by atoms with Gasteiger partial charge in [0.1, 0.15) is 6.04 Å². The molecule has 0 bridgehead atoms. The summed E-state index contributed by atoms with van der Waals surface area (Å²) in [6, 6.07) is 3.54. The number of carbonyl (C=O) groups is 3. The van der Waals surface area contributed by atoms with Crippen LogP contribution in [-0.2, 0) is 4.79 Å². The summed E-state index contributed by atoms with van der Waals surface area (Å²) in [6.07, 6.45) is 2.42. The van der Waals surface area contributed by atoms with Crippen LogP contribution in [0.2, 0.25) is 5.02 Å². The van der Waals surface area contributed by atoms with Crippen molar-refractivity contribution in [3.05, 3.63) is 28.8 Å². The van der Waals surface area contributed by atoms with Crippen molar-refractivity contribution in [2.45, 2.75) is 25.3 Å². The molecule has 3 N–H and O–H groups in total. The van der Waals surface area contributed by atoms with Crippen LogP contribution in [0.5, 0.6) is 0 Å². The molecule has 1 saturated carbocycles. The van der Waals surface area contributed by atoms with Gasteiger partial charge in [-0.3, -0.25) is 9.69 Å². The Kier molecular flexibility index (Phi) is 4.62. The standard InChI is InChI=1S/C16H18ClN3O4/c17-12-4-3-10(20-6-5-18-16(20)24)8-11(12)14(21)19-13(15(22)23)7-9-1-2-9/h3-4,8-9,13H,1-2,5-7H2,(H,18,24)(H,19,21)(H,22,23). The number of benzene rings is 1. The number of rotatable bonds is 6. The van der Waals surface area contributed by atoms with Crippen molar-refractivity contribution in [3.63, 3.8) is 0 Å². The van der Waals surface area contributed by atoms with E-state index in [1.165, 1.54) is 17.0 Å². The van der Waals surface area contributed by atoms with Gasteiger partial charge in [-0.25, -0.2) is 9.59 Å². The fourth-order valence-electron chi connectivity index (χ4n) is 2.72. The monoisotopic (exact) mass is 351 g/mol. The zero-order valence-corrected chi connectivity index (χ0v) is 13.7. The highest BCUT2D eigenvalue weighted by molar-refractivity contribution is 6.34. The molecule has 24 heavy (non-hydrogen) atoms. The summed E-state index contributed by atoms with van der Waals surface area (Å²) in [5.74, 6) is -1.24. The van der Waals surface area contributed by atoms with Crippen LogP contribution in [0.15, 0.2) is 18.2 Å². The summed E-state index contributed by atoms with van der Waals surface area (Å²) in [6.45, 7) is 1.03. The molecule has 1 aromatic carbocycles. The van der Waals surface area contributed by atoms with Crippen molar-refractivity contribution in [2.24, 2.45) is 5.92 Å². The number of nitrogens with zero attached hydrogens (tertiary/aromatic N) is 1. The average molecular weight is 352 g/mol. The molecule has 1 saturated heterocycles. The molecule has 2 fully saturated rings. The number of hydrogen-bond donors (Lipinski definition) is 3. The Morgan fingerprint density at radius 3 is 2.75 bits per heavy atom. The minimum atomic E-state index is -1.05. The van der Waals surface area contributed by atoms with Crippen molar-refractivity contribution in [3.8, 4) is 0 Å². The van der Waals surface area contributed by atoms with Crippen LogP contribution in [0.1, 0.15) is 29.6 Å². The largest absolute Gasteiger partial charge is 0.480 e. The fourth-order valence-corrected chi connectivity index (χ4v) is 2.92. The van der Waals surface area contributed by atoms with E-state index in [4.69, 9.17) is 11.6 Å². The van der Waals surface area contributed by atoms with Gasteiger partial charge in [-0.1, -0.05) is 24.4 Å². The lowest BCUT2D eigenvalue weighted by Gasteiger charge is -2.18. The van der Waals surface area contributed by atoms with Crippen molar-refractivity contribution < 1.29 is 19.5 Å². The number of amides is 3. The van der Waals surface area contributed by atoms with Crippen LogP contribution in [-0.4, -0.2) is 42.1 Å². The van der Waals surface area contributed by atoms with Crippen LogP contribution in [0, 0.1) is 5.92 Å². The summed E-state index contributed by atoms with van der Waals surface area (Å²) >= 11 is 6.09. The molecule has 8 heteroatoms. The summed E-state index contributed by atoms with van der Waals surface area (Å²) < 4.78 is 0. The van der Waals surface area contributed by atoms with E-state index >= 15 is 0 Å². The molecule has 3 rings (SSSR count). The number of carbonyl (C=O) groups excluding carboxylic acids is 2. The summed E-state index contributed by atoms with van der Waals surface area (Å²) in [5.41, 5.74) is 0.713. The molecule has 0 radical (unpaired) electrons. The Bertz CT molecular complexity index is 690. The molecule has 0 aromatic heterocycles. The highest BCUT2D eigenvalue weighted by Gasteiger charge is 2.31. The smallest absolute Gasteiger partial charge is 0.326 e. The number of carboxylic acid groups (broad SMARTS) is 1. The zero-order valence-electron chi connectivity index (χ0n) is 12.9. The Labute approximate surface area is 144 Å². The third kappa shape index (κ3) is 3.62. The lowest BCUT2D eigenvalue weighted by Crippen LogP contribution is -2.41. The van der Waals surface area contributed by atoms with Gasteiger partial charge in [0.25, 0.3) is 5.91 Å². The van der Waals surface area contributed by atoms with Crippen molar-refractivity contribution >= 4 is 35.2 Å². The second-order valence-corrected chi connectivity index (χ2v) is 6.50. The normalized spacial score (nSPS) is 18.2. The maximum atomic E-state index is 12.5. The molecular formula is C16H18ClN3O4. The highest BCUT2D eigenvalue weighted by atomic mass is 35.5. The average Bonchev–Trinajstić information content (AvgIpc) is 3.26. The van der Waals surface area contributed by atoms with Gasteiger partial charge in [0.15, 0.2) is 0 Å². The molecule has 0 spiro atoms. The predicted octanol–water partition coefficient (Wildman–Crippen LogP) is 1.85. The van der Waals surface area contributed by atoms with Crippen LogP contribution in [0.3, 0.4) is 0 Å². The first-order chi connectivity index (χ1) is 11.5. The minimum absolute atomic E-state index is 0.163. The first-order valence-electron chi connectivity index (χ1n) is 7.84. The lowest BCUT2D eigenvalue weighted by molar-refractivity contribution is -0.139. The van der Waals surface area contributed by atoms with Crippen molar-refractivity contribution in [1.29, 1.82) is 0 Å². The number of anilines is 1. The van der Waals surface area contributed by atoms with Gasteiger partial charge in [-0.05, 0) is 30.5 Å². The topological polar surface area (TPSA) is 98.7 Å².